The number of ketones is 1. The van der Waals surface area contributed by atoms with Crippen LogP contribution in [0.5, 0.6) is 5.75 Å². The Hall–Kier alpha value is -2.09. The Kier molecular flexibility index (Phi) is 3.08. The Morgan fingerprint density at radius 3 is 2.68 bits per heavy atom. The molecule has 1 aliphatic carbocycles. The van der Waals surface area contributed by atoms with Gasteiger partial charge in [0.15, 0.2) is 5.78 Å². The van der Waals surface area contributed by atoms with E-state index in [1.165, 1.54) is 11.1 Å². The molecule has 0 amide bonds. The molecule has 0 fully saturated rings. The molecule has 0 radical (unpaired) electrons. The molecule has 1 aliphatic rings. The molecule has 96 valence electrons. The summed E-state index contributed by atoms with van der Waals surface area (Å²) >= 11 is 0. The first-order chi connectivity index (χ1) is 9.25. The van der Waals surface area contributed by atoms with Crippen molar-refractivity contribution in [1.82, 2.24) is 0 Å². The molecule has 3 rings (SSSR count). The highest BCUT2D eigenvalue weighted by molar-refractivity contribution is 5.96. The van der Waals surface area contributed by atoms with Gasteiger partial charge in [-0.1, -0.05) is 36.4 Å². The quantitative estimate of drug-likeness (QED) is 0.777. The summed E-state index contributed by atoms with van der Waals surface area (Å²) in [5, 5.41) is 0. The van der Waals surface area contributed by atoms with E-state index < -0.39 is 0 Å². The number of rotatable bonds is 4. The van der Waals surface area contributed by atoms with Gasteiger partial charge in [0.05, 0.1) is 12.2 Å². The van der Waals surface area contributed by atoms with Gasteiger partial charge < -0.3 is 4.74 Å². The van der Waals surface area contributed by atoms with Crippen LogP contribution in [0, 0.1) is 0 Å². The average molecular weight is 252 g/mol. The molecular formula is C17H16O2. The summed E-state index contributed by atoms with van der Waals surface area (Å²) in [6.07, 6.45) is 1.07. The summed E-state index contributed by atoms with van der Waals surface area (Å²) in [7, 11) is 0. The van der Waals surface area contributed by atoms with Crippen LogP contribution < -0.4 is 4.74 Å². The van der Waals surface area contributed by atoms with Gasteiger partial charge in [-0.15, -0.1) is 0 Å². The fraction of sp³-hybridized carbons (Fsp3) is 0.235. The second kappa shape index (κ2) is 4.88. The molecule has 2 aromatic carbocycles. The van der Waals surface area contributed by atoms with Crippen LogP contribution in [0.25, 0.3) is 0 Å². The van der Waals surface area contributed by atoms with Gasteiger partial charge in [-0.3, -0.25) is 4.79 Å². The summed E-state index contributed by atoms with van der Waals surface area (Å²) in [5.41, 5.74) is 3.45. The molecule has 0 bridgehead atoms. The zero-order chi connectivity index (χ0) is 13.2. The lowest BCUT2D eigenvalue weighted by Gasteiger charge is -2.30. The minimum Gasteiger partial charge on any atom is -0.492 e. The third kappa shape index (κ3) is 2.26. The van der Waals surface area contributed by atoms with E-state index in [-0.39, 0.29) is 5.78 Å². The first-order valence-electron chi connectivity index (χ1n) is 6.56. The SMILES string of the molecule is CC(=O)c1ccccc1OCC1Cc2ccccc21. The van der Waals surface area contributed by atoms with Crippen LogP contribution in [0.4, 0.5) is 0 Å². The molecule has 0 saturated carbocycles. The van der Waals surface area contributed by atoms with E-state index >= 15 is 0 Å². The molecule has 0 spiro atoms. The fourth-order valence-corrected chi connectivity index (χ4v) is 2.59. The number of Topliss-reactive ketones (excluding diaryl/α,β-unsaturated/α-hetero) is 1. The van der Waals surface area contributed by atoms with Gasteiger partial charge >= 0.3 is 0 Å². The molecule has 0 N–H and O–H groups in total. The van der Waals surface area contributed by atoms with E-state index in [1.807, 2.05) is 24.3 Å². The van der Waals surface area contributed by atoms with Crippen LogP contribution in [0.15, 0.2) is 48.5 Å². The number of fused-ring (bicyclic) bond motifs is 1. The molecule has 0 aliphatic heterocycles. The number of para-hydroxylation sites is 1. The summed E-state index contributed by atoms with van der Waals surface area (Å²) in [6, 6.07) is 15.9. The van der Waals surface area contributed by atoms with Gasteiger partial charge in [-0.05, 0) is 36.6 Å². The van der Waals surface area contributed by atoms with Crippen molar-refractivity contribution in [1.29, 1.82) is 0 Å². The average Bonchev–Trinajstić information content (AvgIpc) is 2.40. The van der Waals surface area contributed by atoms with Crippen molar-refractivity contribution in [3.05, 3.63) is 65.2 Å². The highest BCUT2D eigenvalue weighted by Gasteiger charge is 2.26. The van der Waals surface area contributed by atoms with Crippen molar-refractivity contribution in [2.75, 3.05) is 6.61 Å². The predicted octanol–water partition coefficient (Wildman–Crippen LogP) is 3.61. The maximum Gasteiger partial charge on any atom is 0.163 e. The van der Waals surface area contributed by atoms with Crippen LogP contribution in [0.3, 0.4) is 0 Å². The van der Waals surface area contributed by atoms with Gasteiger partial charge in [0, 0.05) is 5.92 Å². The normalized spacial score (nSPS) is 16.4. The monoisotopic (exact) mass is 252 g/mol. The van der Waals surface area contributed by atoms with Gasteiger partial charge in [0.25, 0.3) is 0 Å². The molecule has 19 heavy (non-hydrogen) atoms. The van der Waals surface area contributed by atoms with Crippen molar-refractivity contribution in [2.24, 2.45) is 0 Å². The van der Waals surface area contributed by atoms with Crippen molar-refractivity contribution in [2.45, 2.75) is 19.3 Å². The molecular weight excluding hydrogens is 236 g/mol. The number of benzene rings is 2. The zero-order valence-corrected chi connectivity index (χ0v) is 10.9. The molecule has 0 saturated heterocycles. The minimum atomic E-state index is 0.0459. The predicted molar refractivity (Wildman–Crippen MR) is 74.8 cm³/mol. The van der Waals surface area contributed by atoms with E-state index in [1.54, 1.807) is 6.92 Å². The number of ether oxygens (including phenoxy) is 1. The summed E-state index contributed by atoms with van der Waals surface area (Å²) < 4.78 is 5.84. The third-order valence-corrected chi connectivity index (χ3v) is 3.67. The van der Waals surface area contributed by atoms with E-state index in [9.17, 15) is 4.79 Å². The lowest BCUT2D eigenvalue weighted by atomic mass is 9.78. The Balaban J connectivity index is 1.70. The van der Waals surface area contributed by atoms with Gasteiger partial charge in [0.2, 0.25) is 0 Å². The Morgan fingerprint density at radius 1 is 1.16 bits per heavy atom. The summed E-state index contributed by atoms with van der Waals surface area (Å²) in [5.74, 6) is 1.19. The number of hydrogen-bond acceptors (Lipinski definition) is 2. The van der Waals surface area contributed by atoms with Gasteiger partial charge in [-0.25, -0.2) is 0 Å². The number of carbonyl (C=O) groups excluding carboxylic acids is 1. The first kappa shape index (κ1) is 12.0. The first-order valence-corrected chi connectivity index (χ1v) is 6.56. The lowest BCUT2D eigenvalue weighted by molar-refractivity contribution is 0.101. The minimum absolute atomic E-state index is 0.0459. The summed E-state index contributed by atoms with van der Waals surface area (Å²) in [6.45, 7) is 2.21. The molecule has 0 aromatic heterocycles. The van der Waals surface area contributed by atoms with Crippen molar-refractivity contribution < 1.29 is 9.53 Å². The van der Waals surface area contributed by atoms with Gasteiger partial charge in [0.1, 0.15) is 5.75 Å². The van der Waals surface area contributed by atoms with Crippen molar-refractivity contribution >= 4 is 5.78 Å². The Bertz CT molecular complexity index is 616. The maximum atomic E-state index is 11.5. The summed E-state index contributed by atoms with van der Waals surface area (Å²) in [4.78, 5) is 11.5. The molecule has 0 heterocycles. The van der Waals surface area contributed by atoms with Crippen molar-refractivity contribution in [3.8, 4) is 5.75 Å². The highest BCUT2D eigenvalue weighted by atomic mass is 16.5. The molecule has 1 unspecified atom stereocenters. The van der Waals surface area contributed by atoms with E-state index in [0.717, 1.165) is 6.42 Å². The van der Waals surface area contributed by atoms with Crippen LogP contribution >= 0.6 is 0 Å². The van der Waals surface area contributed by atoms with E-state index in [4.69, 9.17) is 4.74 Å². The van der Waals surface area contributed by atoms with E-state index in [0.29, 0.717) is 23.8 Å². The lowest BCUT2D eigenvalue weighted by Crippen LogP contribution is -2.23. The second-order valence-corrected chi connectivity index (χ2v) is 4.96. The Labute approximate surface area is 113 Å². The smallest absolute Gasteiger partial charge is 0.163 e. The van der Waals surface area contributed by atoms with Crippen LogP contribution in [0.1, 0.15) is 34.3 Å². The second-order valence-electron chi connectivity index (χ2n) is 4.96. The molecule has 2 aromatic rings. The topological polar surface area (TPSA) is 26.3 Å². The van der Waals surface area contributed by atoms with E-state index in [2.05, 4.69) is 24.3 Å². The fourth-order valence-electron chi connectivity index (χ4n) is 2.59. The van der Waals surface area contributed by atoms with Gasteiger partial charge in [-0.2, -0.15) is 0 Å². The highest BCUT2D eigenvalue weighted by Crippen LogP contribution is 2.35. The molecule has 2 heteroatoms. The molecule has 2 nitrogen and oxygen atoms in total. The number of carbonyl (C=O) groups is 1. The zero-order valence-electron chi connectivity index (χ0n) is 10.9. The largest absolute Gasteiger partial charge is 0.492 e. The number of hydrogen-bond donors (Lipinski definition) is 0. The van der Waals surface area contributed by atoms with Crippen LogP contribution in [0.2, 0.25) is 0 Å². The van der Waals surface area contributed by atoms with Crippen molar-refractivity contribution in [3.63, 3.8) is 0 Å². The van der Waals surface area contributed by atoms with Crippen LogP contribution in [-0.4, -0.2) is 12.4 Å². The van der Waals surface area contributed by atoms with Crippen LogP contribution in [-0.2, 0) is 6.42 Å². The molecule has 1 atom stereocenters. The Morgan fingerprint density at radius 2 is 1.89 bits per heavy atom. The maximum absolute atomic E-state index is 11.5. The standard InChI is InChI=1S/C17H16O2/c1-12(18)15-7-4-5-9-17(15)19-11-14-10-13-6-2-3-8-16(13)14/h2-9,14H,10-11H2,1H3. The third-order valence-electron chi connectivity index (χ3n) is 3.67.